The van der Waals surface area contributed by atoms with Crippen LogP contribution >= 0.6 is 0 Å². The number of rotatable bonds is 29. The van der Waals surface area contributed by atoms with E-state index in [1.807, 2.05) is 0 Å². The fourth-order valence-electron chi connectivity index (χ4n) is 5.63. The second-order valence-electron chi connectivity index (χ2n) is 13.5. The molecule has 304 valence electrons. The number of aliphatic hydroxyl groups is 2. The SMILES string of the molecule is CCCCCCCCCCCCCCCCCC(=O)OC[C@H]1O[C@H](O)[C@H](NC(C)=O)[C@@H](OC(C)CNCC(=O)O)[C@@H]1O.NC(=O)[C@H](N)CCC(=O)O. The van der Waals surface area contributed by atoms with Gasteiger partial charge in [-0.15, -0.1) is 0 Å². The molecule has 16 nitrogen and oxygen atoms in total. The summed E-state index contributed by atoms with van der Waals surface area (Å²) in [5, 5.41) is 43.6. The van der Waals surface area contributed by atoms with Crippen LogP contribution in [0.1, 0.15) is 136 Å². The molecule has 0 radical (unpaired) electrons. The Morgan fingerprint density at radius 3 is 1.79 bits per heavy atom. The van der Waals surface area contributed by atoms with E-state index < -0.39 is 72.5 Å². The van der Waals surface area contributed by atoms with Crippen LogP contribution in [0.4, 0.5) is 0 Å². The Morgan fingerprint density at radius 2 is 1.33 bits per heavy atom. The predicted octanol–water partition coefficient (Wildman–Crippen LogP) is 2.49. The van der Waals surface area contributed by atoms with E-state index in [1.165, 1.54) is 84.0 Å². The molecular weight excluding hydrogens is 680 g/mol. The Morgan fingerprint density at radius 1 is 0.808 bits per heavy atom. The number of hydrogen-bond donors (Lipinski definition) is 8. The number of nitrogens with one attached hydrogen (secondary N) is 2. The molecule has 10 N–H and O–H groups in total. The van der Waals surface area contributed by atoms with Crippen molar-refractivity contribution < 1.29 is 58.6 Å². The van der Waals surface area contributed by atoms with Crippen LogP contribution in [-0.2, 0) is 38.2 Å². The van der Waals surface area contributed by atoms with Crippen LogP contribution in [0.15, 0.2) is 0 Å². The Kier molecular flexibility index (Phi) is 28.9. The van der Waals surface area contributed by atoms with E-state index in [-0.39, 0.29) is 39.0 Å². The molecule has 0 saturated carbocycles. The molecule has 1 heterocycles. The summed E-state index contributed by atoms with van der Waals surface area (Å²) in [4.78, 5) is 54.8. The zero-order valence-electron chi connectivity index (χ0n) is 31.6. The Bertz CT molecular complexity index is 1000. The second kappa shape index (κ2) is 30.6. The molecular formula is C36H68N4O12. The van der Waals surface area contributed by atoms with Crippen molar-refractivity contribution in [3.8, 4) is 0 Å². The summed E-state index contributed by atoms with van der Waals surface area (Å²) in [5.41, 5.74) is 9.89. The molecule has 0 aromatic carbocycles. The zero-order chi connectivity index (χ0) is 39.3. The van der Waals surface area contributed by atoms with E-state index in [9.17, 15) is 34.2 Å². The van der Waals surface area contributed by atoms with Crippen LogP contribution in [-0.4, -0.2) is 113 Å². The highest BCUT2D eigenvalue weighted by molar-refractivity contribution is 5.80. The summed E-state index contributed by atoms with van der Waals surface area (Å²) in [7, 11) is 0. The quantitative estimate of drug-likeness (QED) is 0.0404. The van der Waals surface area contributed by atoms with E-state index >= 15 is 0 Å². The summed E-state index contributed by atoms with van der Waals surface area (Å²) >= 11 is 0. The van der Waals surface area contributed by atoms with Gasteiger partial charge in [-0.05, 0) is 19.8 Å². The number of unbranched alkanes of at least 4 members (excludes halogenated alkanes) is 14. The molecule has 7 atom stereocenters. The first kappa shape index (κ1) is 49.1. The standard InChI is InChI=1S/C31H58N2O9.C5H10N2O3/c1-4-5-6-7-8-9-10-11-12-13-14-15-16-17-18-19-27(37)40-22-25-29(38)30(28(31(39)42-25)33-24(3)34)41-23(2)20-32-21-26(35)36;6-3(5(7)10)1-2-4(8)9/h23,25,28-32,38-39H,4-22H2,1-3H3,(H,33,34)(H,35,36);3H,1-2,6H2,(H2,7,10)(H,8,9)/t23?,25-,28-,29-,30-,31+;3-/m11/s1. The number of ether oxygens (including phenoxy) is 3. The maximum atomic E-state index is 12.3. The molecule has 16 heteroatoms. The molecule has 2 amide bonds. The maximum Gasteiger partial charge on any atom is 0.317 e. The third kappa shape index (κ3) is 26.0. The lowest BCUT2D eigenvalue weighted by Gasteiger charge is -2.43. The fraction of sp³-hybridized carbons (Fsp3) is 0.861. The second-order valence-corrected chi connectivity index (χ2v) is 13.5. The molecule has 0 aromatic rings. The lowest BCUT2D eigenvalue weighted by atomic mass is 9.96. The number of aliphatic hydroxyl groups excluding tert-OH is 2. The van der Waals surface area contributed by atoms with E-state index in [0.717, 1.165) is 19.3 Å². The summed E-state index contributed by atoms with van der Waals surface area (Å²) in [6, 6.07) is -1.90. The number of amides is 2. The van der Waals surface area contributed by atoms with Crippen LogP contribution in [0.2, 0.25) is 0 Å². The number of esters is 1. The first-order valence-electron chi connectivity index (χ1n) is 19.0. The number of aliphatic carboxylic acids is 2. The van der Waals surface area contributed by atoms with Gasteiger partial charge < -0.3 is 56.7 Å². The highest BCUT2D eigenvalue weighted by Crippen LogP contribution is 2.24. The molecule has 52 heavy (non-hydrogen) atoms. The van der Waals surface area contributed by atoms with Crippen molar-refractivity contribution in [2.75, 3.05) is 19.7 Å². The van der Waals surface area contributed by atoms with Gasteiger partial charge in [-0.1, -0.05) is 96.8 Å². The van der Waals surface area contributed by atoms with Crippen LogP contribution < -0.4 is 22.1 Å². The van der Waals surface area contributed by atoms with Gasteiger partial charge in [0, 0.05) is 26.3 Å². The monoisotopic (exact) mass is 748 g/mol. The topological polar surface area (TPSA) is 270 Å². The van der Waals surface area contributed by atoms with Crippen molar-refractivity contribution in [1.29, 1.82) is 0 Å². The van der Waals surface area contributed by atoms with Gasteiger partial charge in [-0.2, -0.15) is 0 Å². The number of nitrogens with two attached hydrogens (primary N) is 2. The average molecular weight is 749 g/mol. The summed E-state index contributed by atoms with van der Waals surface area (Å²) in [6.45, 7) is 4.81. The number of carboxylic acids is 2. The maximum absolute atomic E-state index is 12.3. The summed E-state index contributed by atoms with van der Waals surface area (Å²) in [6.07, 6.45) is 13.4. The van der Waals surface area contributed by atoms with E-state index in [1.54, 1.807) is 6.92 Å². The lowest BCUT2D eigenvalue weighted by Crippen LogP contribution is -2.65. The van der Waals surface area contributed by atoms with Gasteiger partial charge in [0.15, 0.2) is 6.29 Å². The number of carbonyl (C=O) groups is 5. The average Bonchev–Trinajstić information content (AvgIpc) is 3.07. The van der Waals surface area contributed by atoms with Crippen LogP contribution in [0.3, 0.4) is 0 Å². The summed E-state index contributed by atoms with van der Waals surface area (Å²) in [5.74, 6) is -3.51. The molecule has 0 spiro atoms. The molecule has 0 bridgehead atoms. The van der Waals surface area contributed by atoms with E-state index in [0.29, 0.717) is 0 Å². The van der Waals surface area contributed by atoms with Gasteiger partial charge in [-0.25, -0.2) is 0 Å². The van der Waals surface area contributed by atoms with Crippen molar-refractivity contribution >= 4 is 29.7 Å². The fourth-order valence-corrected chi connectivity index (χ4v) is 5.63. The van der Waals surface area contributed by atoms with Gasteiger partial charge in [0.05, 0.1) is 18.7 Å². The third-order valence-electron chi connectivity index (χ3n) is 8.59. The zero-order valence-corrected chi connectivity index (χ0v) is 31.6. The number of primary amides is 1. The smallest absolute Gasteiger partial charge is 0.317 e. The van der Waals surface area contributed by atoms with Crippen LogP contribution in [0.5, 0.6) is 0 Å². The van der Waals surface area contributed by atoms with Crippen molar-refractivity contribution in [3.63, 3.8) is 0 Å². The van der Waals surface area contributed by atoms with Crippen molar-refractivity contribution in [1.82, 2.24) is 10.6 Å². The first-order chi connectivity index (χ1) is 24.7. The molecule has 1 aliphatic rings. The Hall–Kier alpha value is -2.89. The molecule has 1 rings (SSSR count). The molecule has 1 unspecified atom stereocenters. The third-order valence-corrected chi connectivity index (χ3v) is 8.59. The molecule has 1 aliphatic heterocycles. The highest BCUT2D eigenvalue weighted by atomic mass is 16.6. The minimum absolute atomic E-state index is 0.102. The van der Waals surface area contributed by atoms with Gasteiger partial charge in [0.1, 0.15) is 31.0 Å². The molecule has 1 fully saturated rings. The van der Waals surface area contributed by atoms with E-state index in [4.69, 9.17) is 35.9 Å². The highest BCUT2D eigenvalue weighted by Gasteiger charge is 2.47. The molecule has 0 aromatic heterocycles. The van der Waals surface area contributed by atoms with Gasteiger partial charge in [-0.3, -0.25) is 24.0 Å². The van der Waals surface area contributed by atoms with Crippen molar-refractivity contribution in [2.45, 2.75) is 179 Å². The van der Waals surface area contributed by atoms with E-state index in [2.05, 4.69) is 17.6 Å². The largest absolute Gasteiger partial charge is 0.481 e. The van der Waals surface area contributed by atoms with Crippen LogP contribution in [0, 0.1) is 0 Å². The molecule has 1 saturated heterocycles. The van der Waals surface area contributed by atoms with Crippen LogP contribution in [0.25, 0.3) is 0 Å². The minimum atomic E-state index is -1.50. The van der Waals surface area contributed by atoms with Gasteiger partial charge >= 0.3 is 17.9 Å². The molecule has 0 aliphatic carbocycles. The minimum Gasteiger partial charge on any atom is -0.481 e. The number of hydrogen-bond acceptors (Lipinski definition) is 12. The predicted molar refractivity (Wildman–Crippen MR) is 194 cm³/mol. The van der Waals surface area contributed by atoms with Gasteiger partial charge in [0.25, 0.3) is 0 Å². The number of carboxylic acid groups (broad SMARTS) is 2. The Labute approximate surface area is 309 Å². The first-order valence-corrected chi connectivity index (χ1v) is 19.0. The van der Waals surface area contributed by atoms with Crippen molar-refractivity contribution in [3.05, 3.63) is 0 Å². The summed E-state index contributed by atoms with van der Waals surface area (Å²) < 4.78 is 16.6. The van der Waals surface area contributed by atoms with Gasteiger partial charge in [0.2, 0.25) is 11.8 Å². The van der Waals surface area contributed by atoms with Crippen molar-refractivity contribution in [2.24, 2.45) is 11.5 Å². The normalized spacial score (nSPS) is 20.9. The number of carbonyl (C=O) groups excluding carboxylic acids is 3. The lowest BCUT2D eigenvalue weighted by molar-refractivity contribution is -0.268. The Balaban J connectivity index is 0.00000225.